The van der Waals surface area contributed by atoms with Crippen molar-refractivity contribution in [3.63, 3.8) is 0 Å². The Morgan fingerprint density at radius 1 is 1.38 bits per heavy atom. The van der Waals surface area contributed by atoms with Crippen molar-refractivity contribution in [2.75, 3.05) is 13.1 Å². The molecular weight excluding hydrogens is 238 g/mol. The molecule has 0 atom stereocenters. The number of aliphatic hydroxyl groups is 1. The Labute approximate surface area is 93.7 Å². The van der Waals surface area contributed by atoms with E-state index in [2.05, 4.69) is 0 Å². The van der Waals surface area contributed by atoms with Gasteiger partial charge in [0.15, 0.2) is 0 Å². The molecule has 0 aromatic carbocycles. The van der Waals surface area contributed by atoms with Gasteiger partial charge in [0.25, 0.3) is 10.1 Å². The highest BCUT2D eigenvalue weighted by Gasteiger charge is 2.54. The Morgan fingerprint density at radius 2 is 1.81 bits per heavy atom. The third-order valence-corrected chi connectivity index (χ3v) is 3.23. The lowest BCUT2D eigenvalue weighted by Gasteiger charge is -2.43. The van der Waals surface area contributed by atoms with Crippen LogP contribution in [-0.2, 0) is 14.9 Å². The highest BCUT2D eigenvalue weighted by Crippen LogP contribution is 2.27. The maximum Gasteiger partial charge on any atom is 0.410 e. The van der Waals surface area contributed by atoms with Crippen LogP contribution in [0, 0.1) is 0 Å². The van der Waals surface area contributed by atoms with E-state index in [1.165, 1.54) is 0 Å². The zero-order valence-corrected chi connectivity index (χ0v) is 10.1. The summed E-state index contributed by atoms with van der Waals surface area (Å²) in [6, 6.07) is 0. The molecular formula is C8H15NO6S. The van der Waals surface area contributed by atoms with Crippen molar-refractivity contribution in [1.29, 1.82) is 0 Å². The van der Waals surface area contributed by atoms with Gasteiger partial charge >= 0.3 is 6.09 Å². The molecule has 94 valence electrons. The minimum absolute atomic E-state index is 0.485. The van der Waals surface area contributed by atoms with Crippen molar-refractivity contribution < 1.29 is 27.6 Å². The summed E-state index contributed by atoms with van der Waals surface area (Å²) in [5, 5.41) is 9.38. The van der Waals surface area contributed by atoms with Crippen molar-refractivity contribution in [2.24, 2.45) is 0 Å². The Balaban J connectivity index is 2.57. The van der Waals surface area contributed by atoms with Crippen LogP contribution in [-0.4, -0.2) is 52.7 Å². The molecule has 1 amide bonds. The number of nitrogens with zero attached hydrogens (tertiary/aromatic N) is 1. The minimum atomic E-state index is -4.57. The first-order valence-corrected chi connectivity index (χ1v) is 6.06. The number of β-amino-alcohol motifs (C(OH)–C–C–N with tert-alkyl or cyclic N) is 1. The number of hydrogen-bond acceptors (Lipinski definition) is 5. The second-order valence-corrected chi connectivity index (χ2v) is 6.47. The zero-order valence-electron chi connectivity index (χ0n) is 9.30. The van der Waals surface area contributed by atoms with Crippen molar-refractivity contribution in [1.82, 2.24) is 4.90 Å². The highest BCUT2D eigenvalue weighted by molar-refractivity contribution is 7.87. The number of carbonyl (C=O) groups excluding carboxylic acids is 1. The van der Waals surface area contributed by atoms with Gasteiger partial charge in [-0.05, 0) is 20.8 Å². The van der Waals surface area contributed by atoms with Crippen LogP contribution in [0.4, 0.5) is 4.79 Å². The summed E-state index contributed by atoms with van der Waals surface area (Å²) in [4.78, 5) is 10.1. The lowest BCUT2D eigenvalue weighted by Crippen LogP contribution is -2.67. The summed E-state index contributed by atoms with van der Waals surface area (Å²) in [6.07, 6.45) is -0.721. The number of ether oxygens (including phenoxy) is 1. The lowest BCUT2D eigenvalue weighted by molar-refractivity contribution is -0.0540. The van der Waals surface area contributed by atoms with Crippen LogP contribution in [0.15, 0.2) is 0 Å². The highest BCUT2D eigenvalue weighted by atomic mass is 32.2. The van der Waals surface area contributed by atoms with Gasteiger partial charge in [-0.1, -0.05) is 0 Å². The molecule has 0 unspecified atom stereocenters. The molecule has 0 radical (unpaired) electrons. The molecule has 2 N–H and O–H groups in total. The van der Waals surface area contributed by atoms with Gasteiger partial charge in [-0.25, -0.2) is 4.79 Å². The van der Waals surface area contributed by atoms with Gasteiger partial charge < -0.3 is 9.84 Å². The van der Waals surface area contributed by atoms with E-state index >= 15 is 0 Å². The first-order valence-electron chi connectivity index (χ1n) is 4.62. The number of hydrogen-bond donors (Lipinski definition) is 2. The van der Waals surface area contributed by atoms with Gasteiger partial charge in [-0.2, -0.15) is 8.42 Å². The number of carbonyl (C=O) groups is 1. The standard InChI is InChI=1S/C8H15NO6S/c1-7(2,3)15-6(10)9-4-8(11,5-9)16(12,13)14/h11H,4-5H2,1-3H3,(H,12,13,14). The average molecular weight is 253 g/mol. The third kappa shape index (κ3) is 2.63. The predicted molar refractivity (Wildman–Crippen MR) is 54.3 cm³/mol. The second kappa shape index (κ2) is 3.57. The smallest absolute Gasteiger partial charge is 0.410 e. The van der Waals surface area contributed by atoms with E-state index in [4.69, 9.17) is 9.29 Å². The lowest BCUT2D eigenvalue weighted by atomic mass is 10.1. The summed E-state index contributed by atoms with van der Waals surface area (Å²) >= 11 is 0. The molecule has 16 heavy (non-hydrogen) atoms. The predicted octanol–water partition coefficient (Wildman–Crippen LogP) is -0.186. The van der Waals surface area contributed by atoms with Crippen molar-refractivity contribution >= 4 is 16.2 Å². The Morgan fingerprint density at radius 3 is 2.12 bits per heavy atom. The monoisotopic (exact) mass is 253 g/mol. The molecule has 0 spiro atoms. The number of rotatable bonds is 1. The number of amides is 1. The average Bonchev–Trinajstić information content (AvgIpc) is 1.92. The summed E-state index contributed by atoms with van der Waals surface area (Å²) in [7, 11) is -4.57. The van der Waals surface area contributed by atoms with E-state index in [0.717, 1.165) is 4.90 Å². The Hall–Kier alpha value is -0.860. The minimum Gasteiger partial charge on any atom is -0.444 e. The van der Waals surface area contributed by atoms with Crippen LogP contribution in [0.25, 0.3) is 0 Å². The molecule has 8 heteroatoms. The van der Waals surface area contributed by atoms with Gasteiger partial charge in [-0.15, -0.1) is 0 Å². The number of likely N-dealkylation sites (tertiary alicyclic amines) is 1. The molecule has 0 aromatic rings. The SMILES string of the molecule is CC(C)(C)OC(=O)N1CC(O)(S(=O)(=O)O)C1. The van der Waals surface area contributed by atoms with Gasteiger partial charge in [0.2, 0.25) is 4.93 Å². The summed E-state index contributed by atoms with van der Waals surface area (Å²) < 4.78 is 35.1. The molecule has 0 saturated carbocycles. The molecule has 1 aliphatic rings. The largest absolute Gasteiger partial charge is 0.444 e. The van der Waals surface area contributed by atoms with Gasteiger partial charge in [0, 0.05) is 0 Å². The zero-order chi connectivity index (χ0) is 12.8. The first-order chi connectivity index (χ1) is 6.95. The van der Waals surface area contributed by atoms with Crippen LogP contribution in [0.1, 0.15) is 20.8 Å². The molecule has 1 heterocycles. The van der Waals surface area contributed by atoms with Crippen LogP contribution < -0.4 is 0 Å². The molecule has 1 fully saturated rings. The first kappa shape index (κ1) is 13.2. The second-order valence-electron chi connectivity index (χ2n) is 4.76. The fraction of sp³-hybridized carbons (Fsp3) is 0.875. The Bertz CT molecular complexity index is 389. The molecule has 0 aliphatic carbocycles. The van der Waals surface area contributed by atoms with Gasteiger partial charge in [-0.3, -0.25) is 9.45 Å². The van der Waals surface area contributed by atoms with E-state index in [1.807, 2.05) is 0 Å². The van der Waals surface area contributed by atoms with E-state index in [0.29, 0.717) is 0 Å². The molecule has 7 nitrogen and oxygen atoms in total. The van der Waals surface area contributed by atoms with Crippen molar-refractivity contribution in [2.45, 2.75) is 31.3 Å². The molecule has 0 aromatic heterocycles. The van der Waals surface area contributed by atoms with Crippen LogP contribution in [0.3, 0.4) is 0 Å². The van der Waals surface area contributed by atoms with E-state index in [1.54, 1.807) is 20.8 Å². The normalized spacial score (nSPS) is 20.2. The van der Waals surface area contributed by atoms with Crippen LogP contribution in [0.5, 0.6) is 0 Å². The van der Waals surface area contributed by atoms with E-state index in [-0.39, 0.29) is 0 Å². The topological polar surface area (TPSA) is 104 Å². The summed E-state index contributed by atoms with van der Waals surface area (Å²) in [5.41, 5.74) is -0.692. The molecule has 0 bridgehead atoms. The maximum absolute atomic E-state index is 11.4. The van der Waals surface area contributed by atoms with E-state index < -0.39 is 39.8 Å². The maximum atomic E-state index is 11.4. The summed E-state index contributed by atoms with van der Waals surface area (Å²) in [6.45, 7) is 4.03. The van der Waals surface area contributed by atoms with Crippen LogP contribution >= 0.6 is 0 Å². The molecule has 1 saturated heterocycles. The van der Waals surface area contributed by atoms with Crippen LogP contribution in [0.2, 0.25) is 0 Å². The molecule has 1 aliphatic heterocycles. The van der Waals surface area contributed by atoms with Gasteiger partial charge in [0.05, 0.1) is 13.1 Å². The van der Waals surface area contributed by atoms with Crippen molar-refractivity contribution in [3.05, 3.63) is 0 Å². The summed E-state index contributed by atoms with van der Waals surface area (Å²) in [5.74, 6) is 0. The fourth-order valence-corrected chi connectivity index (χ4v) is 1.81. The third-order valence-electron chi connectivity index (χ3n) is 2.01. The van der Waals surface area contributed by atoms with Crippen molar-refractivity contribution in [3.8, 4) is 0 Å². The Kier molecular flexibility index (Phi) is 2.95. The van der Waals surface area contributed by atoms with Gasteiger partial charge in [0.1, 0.15) is 5.60 Å². The van der Waals surface area contributed by atoms with E-state index in [9.17, 15) is 18.3 Å². The molecule has 1 rings (SSSR count). The quantitative estimate of drug-likeness (QED) is 0.628. The fourth-order valence-electron chi connectivity index (χ4n) is 1.17.